The number of rotatable bonds is 5. The quantitative estimate of drug-likeness (QED) is 0.897. The smallest absolute Gasteiger partial charge is 0.123 e. The third kappa shape index (κ3) is 3.64. The Morgan fingerprint density at radius 2 is 2.11 bits per heavy atom. The second-order valence-electron chi connectivity index (χ2n) is 5.09. The van der Waals surface area contributed by atoms with Gasteiger partial charge >= 0.3 is 0 Å². The van der Waals surface area contributed by atoms with Gasteiger partial charge in [0.15, 0.2) is 0 Å². The number of halogens is 1. The summed E-state index contributed by atoms with van der Waals surface area (Å²) < 4.78 is 15.0. The number of benzene rings is 1. The van der Waals surface area contributed by atoms with Gasteiger partial charge in [0.2, 0.25) is 0 Å². The van der Waals surface area contributed by atoms with Crippen LogP contribution in [0.15, 0.2) is 30.5 Å². The van der Waals surface area contributed by atoms with Crippen molar-refractivity contribution in [3.8, 4) is 0 Å². The van der Waals surface area contributed by atoms with E-state index in [-0.39, 0.29) is 5.82 Å². The summed E-state index contributed by atoms with van der Waals surface area (Å²) in [6.07, 6.45) is 1.80. The van der Waals surface area contributed by atoms with Crippen LogP contribution in [0.5, 0.6) is 0 Å². The molecule has 0 aliphatic heterocycles. The molecule has 1 aromatic heterocycles. The lowest BCUT2D eigenvalue weighted by Crippen LogP contribution is -2.24. The second kappa shape index (κ2) is 5.97. The minimum Gasteiger partial charge on any atom is -0.309 e. The predicted octanol–water partition coefficient (Wildman–Crippen LogP) is 2.88. The first-order valence-electron chi connectivity index (χ1n) is 6.55. The fourth-order valence-electron chi connectivity index (χ4n) is 1.96. The van der Waals surface area contributed by atoms with E-state index in [0.717, 1.165) is 23.4 Å². The van der Waals surface area contributed by atoms with Crippen molar-refractivity contribution in [3.63, 3.8) is 0 Å². The second-order valence-corrected chi connectivity index (χ2v) is 5.09. The number of aromatic nitrogens is 2. The number of nitrogens with one attached hydrogen (secondary N) is 1. The summed E-state index contributed by atoms with van der Waals surface area (Å²) in [5.41, 5.74) is 3.19. The SMILES string of the molecule is Cc1cc(F)ccc1Cn1nccc1CNC(C)C. The molecule has 1 heterocycles. The molecule has 0 aliphatic carbocycles. The average molecular weight is 261 g/mol. The van der Waals surface area contributed by atoms with Crippen LogP contribution in [0.2, 0.25) is 0 Å². The maximum absolute atomic E-state index is 13.1. The highest BCUT2D eigenvalue weighted by atomic mass is 19.1. The number of aryl methyl sites for hydroxylation is 1. The van der Waals surface area contributed by atoms with Gasteiger partial charge in [-0.15, -0.1) is 0 Å². The van der Waals surface area contributed by atoms with Crippen molar-refractivity contribution >= 4 is 0 Å². The largest absolute Gasteiger partial charge is 0.309 e. The zero-order valence-corrected chi connectivity index (χ0v) is 11.7. The van der Waals surface area contributed by atoms with Crippen LogP contribution in [0, 0.1) is 12.7 Å². The van der Waals surface area contributed by atoms with Crippen molar-refractivity contribution in [2.75, 3.05) is 0 Å². The summed E-state index contributed by atoms with van der Waals surface area (Å²) in [5.74, 6) is -0.191. The molecule has 0 saturated heterocycles. The topological polar surface area (TPSA) is 29.9 Å². The number of hydrogen-bond donors (Lipinski definition) is 1. The van der Waals surface area contributed by atoms with Crippen LogP contribution < -0.4 is 5.32 Å². The minimum atomic E-state index is -0.191. The molecule has 2 aromatic rings. The van der Waals surface area contributed by atoms with Crippen molar-refractivity contribution in [2.45, 2.75) is 39.9 Å². The molecule has 0 fully saturated rings. The molecule has 1 aromatic carbocycles. The zero-order valence-electron chi connectivity index (χ0n) is 11.7. The Morgan fingerprint density at radius 3 is 2.79 bits per heavy atom. The molecule has 1 N–H and O–H groups in total. The summed E-state index contributed by atoms with van der Waals surface area (Å²) in [5, 5.41) is 7.71. The van der Waals surface area contributed by atoms with Gasteiger partial charge in [-0.25, -0.2) is 4.39 Å². The van der Waals surface area contributed by atoms with E-state index in [4.69, 9.17) is 0 Å². The monoisotopic (exact) mass is 261 g/mol. The summed E-state index contributed by atoms with van der Waals surface area (Å²) in [6.45, 7) is 7.62. The van der Waals surface area contributed by atoms with Crippen molar-refractivity contribution in [1.29, 1.82) is 0 Å². The highest BCUT2D eigenvalue weighted by Crippen LogP contribution is 2.12. The lowest BCUT2D eigenvalue weighted by molar-refractivity contribution is 0.546. The van der Waals surface area contributed by atoms with Crippen molar-refractivity contribution < 1.29 is 4.39 Å². The molecule has 3 nitrogen and oxygen atoms in total. The van der Waals surface area contributed by atoms with Gasteiger partial charge in [0, 0.05) is 18.8 Å². The molecular weight excluding hydrogens is 241 g/mol. The molecule has 4 heteroatoms. The van der Waals surface area contributed by atoms with E-state index in [0.29, 0.717) is 12.6 Å². The van der Waals surface area contributed by atoms with E-state index in [1.165, 1.54) is 6.07 Å². The highest BCUT2D eigenvalue weighted by Gasteiger charge is 2.06. The Balaban J connectivity index is 2.12. The lowest BCUT2D eigenvalue weighted by Gasteiger charge is -2.12. The third-order valence-electron chi connectivity index (χ3n) is 3.12. The van der Waals surface area contributed by atoms with Gasteiger partial charge in [0.05, 0.1) is 12.2 Å². The summed E-state index contributed by atoms with van der Waals surface area (Å²) in [7, 11) is 0. The molecular formula is C15H20FN3. The van der Waals surface area contributed by atoms with E-state index in [2.05, 4.69) is 24.3 Å². The zero-order chi connectivity index (χ0) is 13.8. The lowest BCUT2D eigenvalue weighted by atomic mass is 10.1. The van der Waals surface area contributed by atoms with Crippen LogP contribution in [0.1, 0.15) is 30.7 Å². The van der Waals surface area contributed by atoms with Crippen molar-refractivity contribution in [1.82, 2.24) is 15.1 Å². The summed E-state index contributed by atoms with van der Waals surface area (Å²) in [4.78, 5) is 0. The molecule has 0 aliphatic rings. The fraction of sp³-hybridized carbons (Fsp3) is 0.400. The van der Waals surface area contributed by atoms with Crippen molar-refractivity contribution in [3.05, 3.63) is 53.1 Å². The summed E-state index contributed by atoms with van der Waals surface area (Å²) >= 11 is 0. The molecule has 0 bridgehead atoms. The minimum absolute atomic E-state index is 0.191. The fourth-order valence-corrected chi connectivity index (χ4v) is 1.96. The van der Waals surface area contributed by atoms with E-state index in [1.807, 2.05) is 23.7 Å². The van der Waals surface area contributed by atoms with Crippen LogP contribution in [-0.2, 0) is 13.1 Å². The third-order valence-corrected chi connectivity index (χ3v) is 3.12. The summed E-state index contributed by atoms with van der Waals surface area (Å²) in [6, 6.07) is 7.33. The normalized spacial score (nSPS) is 11.2. The molecule has 0 spiro atoms. The first kappa shape index (κ1) is 13.7. The molecule has 0 atom stereocenters. The van der Waals surface area contributed by atoms with Crippen LogP contribution in [0.4, 0.5) is 4.39 Å². The van der Waals surface area contributed by atoms with E-state index in [9.17, 15) is 4.39 Å². The Hall–Kier alpha value is -1.68. The van der Waals surface area contributed by atoms with Crippen LogP contribution in [0.3, 0.4) is 0 Å². The number of nitrogens with zero attached hydrogens (tertiary/aromatic N) is 2. The standard InChI is InChI=1S/C15H20FN3/c1-11(2)17-9-15-6-7-18-19(15)10-13-4-5-14(16)8-12(13)3/h4-8,11,17H,9-10H2,1-3H3. The van der Waals surface area contributed by atoms with Gasteiger partial charge < -0.3 is 5.32 Å². The van der Waals surface area contributed by atoms with E-state index >= 15 is 0 Å². The molecule has 0 amide bonds. The van der Waals surface area contributed by atoms with Crippen molar-refractivity contribution in [2.24, 2.45) is 0 Å². The number of hydrogen-bond acceptors (Lipinski definition) is 2. The van der Waals surface area contributed by atoms with Gasteiger partial charge in [-0.2, -0.15) is 5.10 Å². The van der Waals surface area contributed by atoms with Gasteiger partial charge in [0.1, 0.15) is 5.82 Å². The first-order chi connectivity index (χ1) is 9.06. The van der Waals surface area contributed by atoms with Crippen LogP contribution in [-0.4, -0.2) is 15.8 Å². The Kier molecular flexibility index (Phi) is 4.32. The van der Waals surface area contributed by atoms with Crippen LogP contribution in [0.25, 0.3) is 0 Å². The van der Waals surface area contributed by atoms with Crippen LogP contribution >= 0.6 is 0 Å². The Bertz CT molecular complexity index is 546. The van der Waals surface area contributed by atoms with Gasteiger partial charge in [-0.3, -0.25) is 4.68 Å². The molecule has 0 saturated carbocycles. The average Bonchev–Trinajstić information content (AvgIpc) is 2.77. The van der Waals surface area contributed by atoms with E-state index < -0.39 is 0 Å². The van der Waals surface area contributed by atoms with Gasteiger partial charge in [-0.1, -0.05) is 19.9 Å². The Labute approximate surface area is 113 Å². The molecule has 102 valence electrons. The molecule has 0 unspecified atom stereocenters. The van der Waals surface area contributed by atoms with Gasteiger partial charge in [-0.05, 0) is 36.2 Å². The Morgan fingerprint density at radius 1 is 1.32 bits per heavy atom. The maximum Gasteiger partial charge on any atom is 0.123 e. The van der Waals surface area contributed by atoms with E-state index in [1.54, 1.807) is 12.3 Å². The molecule has 0 radical (unpaired) electrons. The molecule has 19 heavy (non-hydrogen) atoms. The highest BCUT2D eigenvalue weighted by molar-refractivity contribution is 5.27. The predicted molar refractivity (Wildman–Crippen MR) is 74.4 cm³/mol. The molecule has 2 rings (SSSR count). The first-order valence-corrected chi connectivity index (χ1v) is 6.55. The maximum atomic E-state index is 13.1. The van der Waals surface area contributed by atoms with Gasteiger partial charge in [0.25, 0.3) is 0 Å².